The predicted molar refractivity (Wildman–Crippen MR) is 104 cm³/mol. The molecule has 28 heavy (non-hydrogen) atoms. The first-order chi connectivity index (χ1) is 13.5. The predicted octanol–water partition coefficient (Wildman–Crippen LogP) is 4.63. The number of ketones is 1. The Bertz CT molecular complexity index is 1030. The summed E-state index contributed by atoms with van der Waals surface area (Å²) in [4.78, 5) is 26.7. The van der Waals surface area contributed by atoms with E-state index in [0.29, 0.717) is 23.3 Å². The summed E-state index contributed by atoms with van der Waals surface area (Å²) in [6.45, 7) is 1.78. The number of hydrogen-bond donors (Lipinski definition) is 2. The smallest absolute Gasteiger partial charge is 0.254 e. The number of benzene rings is 1. The number of nitrogens with one attached hydrogen (secondary N) is 2. The molecule has 1 aliphatic carbocycles. The van der Waals surface area contributed by atoms with Crippen molar-refractivity contribution in [1.29, 1.82) is 0 Å². The highest BCUT2D eigenvalue weighted by molar-refractivity contribution is 7.10. The second-order valence-corrected chi connectivity index (χ2v) is 7.84. The number of anilines is 1. The number of amides is 1. The molecule has 0 saturated heterocycles. The van der Waals surface area contributed by atoms with E-state index in [1.807, 2.05) is 17.5 Å². The molecule has 7 heteroatoms. The van der Waals surface area contributed by atoms with Crippen molar-refractivity contribution in [2.45, 2.75) is 32.1 Å². The van der Waals surface area contributed by atoms with Crippen LogP contribution in [-0.2, 0) is 9.59 Å². The Labute approximate surface area is 165 Å². The lowest BCUT2D eigenvalue weighted by atomic mass is 9.77. The van der Waals surface area contributed by atoms with Crippen molar-refractivity contribution in [3.05, 3.63) is 74.8 Å². The lowest BCUT2D eigenvalue weighted by Gasteiger charge is -2.33. The van der Waals surface area contributed by atoms with Crippen LogP contribution in [0.15, 0.2) is 58.3 Å². The van der Waals surface area contributed by atoms with Crippen LogP contribution in [0.1, 0.15) is 37.0 Å². The summed E-state index contributed by atoms with van der Waals surface area (Å²) < 4.78 is 27.2. The monoisotopic (exact) mass is 400 g/mol. The Morgan fingerprint density at radius 2 is 2.07 bits per heavy atom. The van der Waals surface area contributed by atoms with Gasteiger partial charge in [-0.2, -0.15) is 0 Å². The quantitative estimate of drug-likeness (QED) is 0.790. The van der Waals surface area contributed by atoms with Crippen LogP contribution in [0.3, 0.4) is 0 Å². The fourth-order valence-electron chi connectivity index (χ4n) is 3.80. The average molecular weight is 400 g/mol. The first-order valence-electron chi connectivity index (χ1n) is 8.99. The molecule has 0 bridgehead atoms. The van der Waals surface area contributed by atoms with Gasteiger partial charge in [0.15, 0.2) is 5.78 Å². The molecule has 2 heterocycles. The maximum absolute atomic E-state index is 14.0. The SMILES string of the molecule is CC1=C(C(=O)Nc2ccc(F)cc2F)C(c2cccs2)C2=C(CCCC2=O)N1. The zero-order valence-corrected chi connectivity index (χ0v) is 16.0. The Balaban J connectivity index is 1.75. The first-order valence-corrected chi connectivity index (χ1v) is 9.87. The molecule has 0 spiro atoms. The maximum atomic E-state index is 14.0. The molecule has 1 aromatic heterocycles. The molecular formula is C21H18F2N2O2S. The fourth-order valence-corrected chi connectivity index (χ4v) is 4.65. The number of allylic oxidation sites excluding steroid dienone is 3. The third kappa shape index (κ3) is 3.26. The molecule has 2 aliphatic rings. The third-order valence-corrected chi connectivity index (χ3v) is 5.96. The molecule has 0 radical (unpaired) electrons. The van der Waals surface area contributed by atoms with Crippen LogP contribution in [0.2, 0.25) is 0 Å². The number of rotatable bonds is 3. The van der Waals surface area contributed by atoms with E-state index in [9.17, 15) is 18.4 Å². The number of Topliss-reactive ketones (excluding diaryl/α,β-unsaturated/α-hetero) is 1. The van der Waals surface area contributed by atoms with Gasteiger partial charge in [-0.15, -0.1) is 11.3 Å². The summed E-state index contributed by atoms with van der Waals surface area (Å²) >= 11 is 1.47. The van der Waals surface area contributed by atoms with Crippen molar-refractivity contribution in [2.75, 3.05) is 5.32 Å². The molecule has 1 amide bonds. The van der Waals surface area contributed by atoms with Crippen LogP contribution in [-0.4, -0.2) is 11.7 Å². The van der Waals surface area contributed by atoms with Gasteiger partial charge in [0.05, 0.1) is 11.6 Å². The molecule has 2 N–H and O–H groups in total. The molecular weight excluding hydrogens is 382 g/mol. The molecule has 1 aliphatic heterocycles. The Morgan fingerprint density at radius 3 is 2.79 bits per heavy atom. The van der Waals surface area contributed by atoms with Crippen molar-refractivity contribution >= 4 is 28.7 Å². The highest BCUT2D eigenvalue weighted by Crippen LogP contribution is 2.43. The Morgan fingerprint density at radius 1 is 1.25 bits per heavy atom. The Hall–Kier alpha value is -2.80. The molecule has 1 atom stereocenters. The lowest BCUT2D eigenvalue weighted by molar-refractivity contribution is -0.116. The van der Waals surface area contributed by atoms with E-state index in [4.69, 9.17) is 0 Å². The molecule has 1 unspecified atom stereocenters. The van der Waals surface area contributed by atoms with Crippen LogP contribution in [0.25, 0.3) is 0 Å². The number of thiophene rings is 1. The maximum Gasteiger partial charge on any atom is 0.254 e. The molecule has 144 valence electrons. The van der Waals surface area contributed by atoms with E-state index < -0.39 is 23.5 Å². The van der Waals surface area contributed by atoms with Crippen LogP contribution < -0.4 is 10.6 Å². The summed E-state index contributed by atoms with van der Waals surface area (Å²) in [5.74, 6) is -2.55. The molecule has 0 fully saturated rings. The van der Waals surface area contributed by atoms with Crippen molar-refractivity contribution < 1.29 is 18.4 Å². The third-order valence-electron chi connectivity index (χ3n) is 5.03. The highest BCUT2D eigenvalue weighted by Gasteiger charge is 2.39. The van der Waals surface area contributed by atoms with Gasteiger partial charge in [-0.05, 0) is 43.3 Å². The lowest BCUT2D eigenvalue weighted by Crippen LogP contribution is -2.35. The van der Waals surface area contributed by atoms with Crippen LogP contribution >= 0.6 is 11.3 Å². The van der Waals surface area contributed by atoms with E-state index in [1.54, 1.807) is 6.92 Å². The number of hydrogen-bond acceptors (Lipinski definition) is 4. The van der Waals surface area contributed by atoms with E-state index >= 15 is 0 Å². The van der Waals surface area contributed by atoms with E-state index in [2.05, 4.69) is 10.6 Å². The highest BCUT2D eigenvalue weighted by atomic mass is 32.1. The minimum atomic E-state index is -0.850. The van der Waals surface area contributed by atoms with Gasteiger partial charge in [0.25, 0.3) is 5.91 Å². The normalized spacial score (nSPS) is 19.4. The topological polar surface area (TPSA) is 58.2 Å². The summed E-state index contributed by atoms with van der Waals surface area (Å²) in [6, 6.07) is 6.76. The van der Waals surface area contributed by atoms with Crippen molar-refractivity contribution in [1.82, 2.24) is 5.32 Å². The fraction of sp³-hybridized carbons (Fsp3) is 0.238. The number of halogens is 2. The second kappa shape index (κ2) is 7.31. The van der Waals surface area contributed by atoms with Gasteiger partial charge in [-0.25, -0.2) is 8.78 Å². The molecule has 4 rings (SSSR count). The van der Waals surface area contributed by atoms with Gasteiger partial charge in [0.1, 0.15) is 11.6 Å². The number of carbonyl (C=O) groups excluding carboxylic acids is 2. The van der Waals surface area contributed by atoms with Gasteiger partial charge in [0, 0.05) is 39.9 Å². The van der Waals surface area contributed by atoms with Crippen molar-refractivity contribution in [3.8, 4) is 0 Å². The van der Waals surface area contributed by atoms with Gasteiger partial charge in [-0.1, -0.05) is 6.07 Å². The van der Waals surface area contributed by atoms with Crippen molar-refractivity contribution in [3.63, 3.8) is 0 Å². The van der Waals surface area contributed by atoms with Gasteiger partial charge in [-0.3, -0.25) is 9.59 Å². The van der Waals surface area contributed by atoms with Crippen molar-refractivity contribution in [2.24, 2.45) is 0 Å². The first kappa shape index (κ1) is 18.6. The summed E-state index contributed by atoms with van der Waals surface area (Å²) in [6.07, 6.45) is 1.97. The van der Waals surface area contributed by atoms with E-state index in [0.717, 1.165) is 35.5 Å². The van der Waals surface area contributed by atoms with Crippen LogP contribution in [0.4, 0.5) is 14.5 Å². The Kier molecular flexibility index (Phi) is 4.85. The standard InChI is InChI=1S/C21H18F2N2O2S/c1-11-18(21(27)25-14-8-7-12(22)10-13(14)23)20(17-6-3-9-28-17)19-15(24-11)4-2-5-16(19)26/h3,6-10,20,24H,2,4-5H2,1H3,(H,25,27). The second-order valence-electron chi connectivity index (χ2n) is 6.86. The zero-order chi connectivity index (χ0) is 19.8. The van der Waals surface area contributed by atoms with Gasteiger partial charge in [0.2, 0.25) is 0 Å². The minimum absolute atomic E-state index is 0.0258. The van der Waals surface area contributed by atoms with Gasteiger partial charge < -0.3 is 10.6 Å². The average Bonchev–Trinajstić information content (AvgIpc) is 3.17. The molecule has 0 saturated carbocycles. The minimum Gasteiger partial charge on any atom is -0.362 e. The number of carbonyl (C=O) groups is 2. The molecule has 1 aromatic carbocycles. The summed E-state index contributed by atoms with van der Waals surface area (Å²) in [5, 5.41) is 7.64. The van der Waals surface area contributed by atoms with Crippen LogP contribution in [0, 0.1) is 11.6 Å². The zero-order valence-electron chi connectivity index (χ0n) is 15.1. The molecule has 2 aromatic rings. The van der Waals surface area contributed by atoms with Gasteiger partial charge >= 0.3 is 0 Å². The molecule has 4 nitrogen and oxygen atoms in total. The number of dihydropyridines is 1. The van der Waals surface area contributed by atoms with Crippen LogP contribution in [0.5, 0.6) is 0 Å². The summed E-state index contributed by atoms with van der Waals surface area (Å²) in [7, 11) is 0. The summed E-state index contributed by atoms with van der Waals surface area (Å²) in [5.41, 5.74) is 2.37. The largest absolute Gasteiger partial charge is 0.362 e. The van der Waals surface area contributed by atoms with E-state index in [1.165, 1.54) is 17.4 Å². The van der Waals surface area contributed by atoms with E-state index in [-0.39, 0.29) is 11.5 Å².